The second-order valence-electron chi connectivity index (χ2n) is 7.32. The average molecular weight is 411 g/mol. The van der Waals surface area contributed by atoms with Gasteiger partial charge in [-0.2, -0.15) is 10.5 Å². The lowest BCUT2D eigenvalue weighted by atomic mass is 9.89. The molecule has 0 N–H and O–H groups in total. The summed E-state index contributed by atoms with van der Waals surface area (Å²) in [4.78, 5) is 4.84. The predicted molar refractivity (Wildman–Crippen MR) is 123 cm³/mol. The van der Waals surface area contributed by atoms with Gasteiger partial charge in [-0.1, -0.05) is 26.7 Å². The molecule has 2 aromatic rings. The highest BCUT2D eigenvalue weighted by atomic mass is 32.1. The van der Waals surface area contributed by atoms with E-state index in [1.807, 2.05) is 0 Å². The first-order chi connectivity index (χ1) is 13.4. The van der Waals surface area contributed by atoms with E-state index in [2.05, 4.69) is 53.7 Å². The molecule has 0 spiro atoms. The van der Waals surface area contributed by atoms with Gasteiger partial charge in [0, 0.05) is 30.6 Å². The molecule has 0 atom stereocenters. The summed E-state index contributed by atoms with van der Waals surface area (Å²) >= 11 is 3.50. The molecule has 0 aliphatic carbocycles. The highest BCUT2D eigenvalue weighted by Gasteiger charge is 2.24. The Morgan fingerprint density at radius 3 is 1.32 bits per heavy atom. The Labute approximate surface area is 178 Å². The summed E-state index contributed by atoms with van der Waals surface area (Å²) in [5.41, 5.74) is 5.67. The standard InChI is InChI=1S/C24H30N2S2/c1-7-9-11-19-15(3)27-17(5)23(19)21(13-25)22(14-26)24-18(6)28-16(4)20(24)12-10-8-2/h7-12H2,1-6H3/b22-21-. The van der Waals surface area contributed by atoms with Crippen molar-refractivity contribution in [1.82, 2.24) is 0 Å². The lowest BCUT2D eigenvalue weighted by Gasteiger charge is -2.11. The Morgan fingerprint density at radius 2 is 1.04 bits per heavy atom. The van der Waals surface area contributed by atoms with Crippen molar-refractivity contribution in [2.24, 2.45) is 0 Å². The van der Waals surface area contributed by atoms with Crippen LogP contribution in [0.1, 0.15) is 81.3 Å². The van der Waals surface area contributed by atoms with Crippen molar-refractivity contribution in [1.29, 1.82) is 10.5 Å². The van der Waals surface area contributed by atoms with Crippen LogP contribution >= 0.6 is 22.7 Å². The number of unbranched alkanes of at least 4 members (excludes halogenated alkanes) is 2. The van der Waals surface area contributed by atoms with E-state index in [4.69, 9.17) is 0 Å². The first-order valence-corrected chi connectivity index (χ1v) is 11.8. The first-order valence-electron chi connectivity index (χ1n) is 10.1. The van der Waals surface area contributed by atoms with Crippen molar-refractivity contribution >= 4 is 33.8 Å². The Morgan fingerprint density at radius 1 is 0.679 bits per heavy atom. The Hall–Kier alpha value is -1.88. The second-order valence-corrected chi connectivity index (χ2v) is 10.2. The van der Waals surface area contributed by atoms with Crippen LogP contribution in [0.5, 0.6) is 0 Å². The summed E-state index contributed by atoms with van der Waals surface area (Å²) in [6.45, 7) is 12.8. The Bertz CT molecular complexity index is 880. The van der Waals surface area contributed by atoms with Crippen LogP contribution in [0.4, 0.5) is 0 Å². The molecule has 4 heteroatoms. The molecule has 2 nitrogen and oxygen atoms in total. The average Bonchev–Trinajstić information content (AvgIpc) is 3.10. The van der Waals surface area contributed by atoms with E-state index in [9.17, 15) is 10.5 Å². The quantitative estimate of drug-likeness (QED) is 0.419. The minimum Gasteiger partial charge on any atom is -0.192 e. The molecule has 0 aliphatic heterocycles. The van der Waals surface area contributed by atoms with Crippen LogP contribution < -0.4 is 0 Å². The monoisotopic (exact) mass is 410 g/mol. The summed E-state index contributed by atoms with van der Waals surface area (Å²) in [5.74, 6) is 0. The third-order valence-corrected chi connectivity index (χ3v) is 7.43. The van der Waals surface area contributed by atoms with Crippen LogP contribution in [0.2, 0.25) is 0 Å². The molecular formula is C24H30N2S2. The summed E-state index contributed by atoms with van der Waals surface area (Å²) < 4.78 is 0. The fourth-order valence-corrected chi connectivity index (χ4v) is 6.13. The molecule has 28 heavy (non-hydrogen) atoms. The van der Waals surface area contributed by atoms with E-state index in [1.165, 1.54) is 20.9 Å². The molecule has 0 aliphatic rings. The van der Waals surface area contributed by atoms with Crippen LogP contribution in [0, 0.1) is 50.4 Å². The minimum atomic E-state index is 0.564. The number of rotatable bonds is 8. The third kappa shape index (κ3) is 4.40. The van der Waals surface area contributed by atoms with E-state index in [-0.39, 0.29) is 0 Å². The molecule has 2 heterocycles. The van der Waals surface area contributed by atoms with E-state index in [0.29, 0.717) is 11.1 Å². The molecule has 2 aromatic heterocycles. The largest absolute Gasteiger partial charge is 0.192 e. The van der Waals surface area contributed by atoms with E-state index in [1.54, 1.807) is 22.7 Å². The van der Waals surface area contributed by atoms with Gasteiger partial charge < -0.3 is 0 Å². The molecule has 0 saturated heterocycles. The summed E-state index contributed by atoms with van der Waals surface area (Å²) in [6.07, 6.45) is 6.38. The van der Waals surface area contributed by atoms with Gasteiger partial charge in [0.2, 0.25) is 0 Å². The van der Waals surface area contributed by atoms with Crippen molar-refractivity contribution < 1.29 is 0 Å². The maximum absolute atomic E-state index is 10.1. The van der Waals surface area contributed by atoms with Gasteiger partial charge in [0.05, 0.1) is 11.1 Å². The normalized spacial score (nSPS) is 11.9. The number of nitrogens with zero attached hydrogens (tertiary/aromatic N) is 2. The molecule has 0 unspecified atom stereocenters. The second kappa shape index (κ2) is 10.1. The predicted octanol–water partition coefficient (Wildman–Crippen LogP) is 7.69. The van der Waals surface area contributed by atoms with Crippen molar-refractivity contribution in [3.05, 3.63) is 41.8 Å². The van der Waals surface area contributed by atoms with E-state index < -0.39 is 0 Å². The molecule has 0 saturated carbocycles. The van der Waals surface area contributed by atoms with Gasteiger partial charge in [0.1, 0.15) is 12.1 Å². The maximum Gasteiger partial charge on any atom is 0.101 e. The van der Waals surface area contributed by atoms with Crippen molar-refractivity contribution in [3.8, 4) is 12.1 Å². The number of hydrogen-bond acceptors (Lipinski definition) is 4. The molecule has 0 fully saturated rings. The van der Waals surface area contributed by atoms with E-state index in [0.717, 1.165) is 59.4 Å². The van der Waals surface area contributed by atoms with Crippen LogP contribution in [0.25, 0.3) is 11.1 Å². The Balaban J connectivity index is 2.77. The smallest absolute Gasteiger partial charge is 0.101 e. The van der Waals surface area contributed by atoms with Gasteiger partial charge in [-0.05, 0) is 64.5 Å². The zero-order valence-corrected chi connectivity index (χ0v) is 19.6. The summed E-state index contributed by atoms with van der Waals surface area (Å²) in [5, 5.41) is 20.3. The number of aryl methyl sites for hydroxylation is 4. The number of allylic oxidation sites excluding steroid dienone is 2. The van der Waals surface area contributed by atoms with Gasteiger partial charge in [-0.15, -0.1) is 22.7 Å². The fraction of sp³-hybridized carbons (Fsp3) is 0.500. The van der Waals surface area contributed by atoms with Gasteiger partial charge in [-0.3, -0.25) is 0 Å². The maximum atomic E-state index is 10.1. The Kier molecular flexibility index (Phi) is 8.05. The van der Waals surface area contributed by atoms with Crippen LogP contribution in [0.15, 0.2) is 0 Å². The summed E-state index contributed by atoms with van der Waals surface area (Å²) in [6, 6.07) is 4.85. The number of hydrogen-bond donors (Lipinski definition) is 0. The first kappa shape index (κ1) is 22.4. The summed E-state index contributed by atoms with van der Waals surface area (Å²) in [7, 11) is 0. The number of thiophene rings is 2. The highest BCUT2D eigenvalue weighted by molar-refractivity contribution is 7.12. The third-order valence-electron chi connectivity index (χ3n) is 5.30. The molecule has 0 amide bonds. The zero-order chi connectivity index (χ0) is 20.8. The van der Waals surface area contributed by atoms with Crippen LogP contribution in [-0.2, 0) is 12.8 Å². The zero-order valence-electron chi connectivity index (χ0n) is 18.0. The van der Waals surface area contributed by atoms with Gasteiger partial charge >= 0.3 is 0 Å². The molecule has 2 rings (SSSR count). The van der Waals surface area contributed by atoms with Crippen LogP contribution in [0.3, 0.4) is 0 Å². The lowest BCUT2D eigenvalue weighted by Crippen LogP contribution is -1.99. The molecule has 0 bridgehead atoms. The lowest BCUT2D eigenvalue weighted by molar-refractivity contribution is 0.792. The molecular weight excluding hydrogens is 380 g/mol. The van der Waals surface area contributed by atoms with Crippen molar-refractivity contribution in [3.63, 3.8) is 0 Å². The molecule has 0 radical (unpaired) electrons. The molecule has 148 valence electrons. The minimum absolute atomic E-state index is 0.564. The fourth-order valence-electron chi connectivity index (χ4n) is 3.90. The van der Waals surface area contributed by atoms with Gasteiger partial charge in [0.15, 0.2) is 0 Å². The number of nitriles is 2. The van der Waals surface area contributed by atoms with Crippen molar-refractivity contribution in [2.75, 3.05) is 0 Å². The van der Waals surface area contributed by atoms with E-state index >= 15 is 0 Å². The van der Waals surface area contributed by atoms with Crippen molar-refractivity contribution in [2.45, 2.75) is 80.1 Å². The highest BCUT2D eigenvalue weighted by Crippen LogP contribution is 2.41. The van der Waals surface area contributed by atoms with Gasteiger partial charge in [-0.25, -0.2) is 0 Å². The topological polar surface area (TPSA) is 47.6 Å². The van der Waals surface area contributed by atoms with Crippen LogP contribution in [-0.4, -0.2) is 0 Å². The molecule has 0 aromatic carbocycles. The SMILES string of the molecule is CCCCc1c(C)sc(C)c1/C(C#N)=C(/C#N)c1c(C)sc(C)c1CCCC. The van der Waals surface area contributed by atoms with Gasteiger partial charge in [0.25, 0.3) is 0 Å².